The van der Waals surface area contributed by atoms with Crippen LogP contribution >= 0.6 is 0 Å². The minimum atomic E-state index is -4.95. The lowest BCUT2D eigenvalue weighted by Crippen LogP contribution is -2.47. The summed E-state index contributed by atoms with van der Waals surface area (Å²) in [5.74, 6) is -0.0952. The lowest BCUT2D eigenvalue weighted by atomic mass is 9.97. The van der Waals surface area contributed by atoms with Crippen LogP contribution in [0.2, 0.25) is 0 Å². The summed E-state index contributed by atoms with van der Waals surface area (Å²) in [5, 5.41) is 15.2. The SMILES string of the molecule is Cn1ccnc1C(O)(CCNC(=O)NCc1cccnc1OC1CCCC1)C(F)(F)F. The first-order chi connectivity index (χ1) is 14.7. The van der Waals surface area contributed by atoms with Gasteiger partial charge in [0.25, 0.3) is 0 Å². The lowest BCUT2D eigenvalue weighted by Gasteiger charge is -2.30. The number of carbonyl (C=O) groups is 1. The zero-order chi connectivity index (χ0) is 22.5. The number of rotatable bonds is 8. The number of halogens is 3. The van der Waals surface area contributed by atoms with Crippen molar-refractivity contribution in [2.75, 3.05) is 6.54 Å². The molecule has 3 N–H and O–H groups in total. The molecule has 1 aliphatic carbocycles. The van der Waals surface area contributed by atoms with Crippen LogP contribution in [-0.2, 0) is 19.2 Å². The minimum Gasteiger partial charge on any atom is -0.474 e. The van der Waals surface area contributed by atoms with Gasteiger partial charge in [0.1, 0.15) is 11.9 Å². The number of alkyl halides is 3. The van der Waals surface area contributed by atoms with E-state index in [1.807, 2.05) is 0 Å². The van der Waals surface area contributed by atoms with Crippen molar-refractivity contribution in [3.8, 4) is 5.88 Å². The highest BCUT2D eigenvalue weighted by Gasteiger charge is 2.57. The quantitative estimate of drug-likeness (QED) is 0.585. The molecule has 1 atom stereocenters. The number of hydrogen-bond donors (Lipinski definition) is 3. The third kappa shape index (κ3) is 5.46. The van der Waals surface area contributed by atoms with Gasteiger partial charge in [-0.1, -0.05) is 6.07 Å². The third-order valence-corrected chi connectivity index (χ3v) is 5.30. The van der Waals surface area contributed by atoms with Gasteiger partial charge in [-0.2, -0.15) is 13.2 Å². The Labute approximate surface area is 177 Å². The molecule has 0 spiro atoms. The molecule has 1 saturated carbocycles. The van der Waals surface area contributed by atoms with Gasteiger partial charge < -0.3 is 25.0 Å². The van der Waals surface area contributed by atoms with Crippen molar-refractivity contribution in [3.05, 3.63) is 42.1 Å². The second-order valence-corrected chi connectivity index (χ2v) is 7.57. The van der Waals surface area contributed by atoms with Crippen molar-refractivity contribution in [2.45, 2.75) is 56.5 Å². The van der Waals surface area contributed by atoms with Gasteiger partial charge in [0, 0.05) is 50.7 Å². The Morgan fingerprint density at radius 3 is 2.65 bits per heavy atom. The molecular formula is C20H26F3N5O3. The van der Waals surface area contributed by atoms with E-state index in [1.54, 1.807) is 18.3 Å². The van der Waals surface area contributed by atoms with E-state index in [4.69, 9.17) is 4.74 Å². The molecule has 31 heavy (non-hydrogen) atoms. The second kappa shape index (κ2) is 9.54. The van der Waals surface area contributed by atoms with Crippen LogP contribution in [-0.4, -0.2) is 44.5 Å². The third-order valence-electron chi connectivity index (χ3n) is 5.30. The molecule has 2 heterocycles. The topological polar surface area (TPSA) is 101 Å². The number of imidazole rings is 1. The predicted octanol–water partition coefficient (Wildman–Crippen LogP) is 2.78. The Balaban J connectivity index is 1.53. The van der Waals surface area contributed by atoms with E-state index in [9.17, 15) is 23.1 Å². The molecule has 0 aromatic carbocycles. The molecule has 1 fully saturated rings. The molecule has 2 amide bonds. The van der Waals surface area contributed by atoms with E-state index in [0.29, 0.717) is 11.4 Å². The van der Waals surface area contributed by atoms with Crippen LogP contribution in [0.5, 0.6) is 5.88 Å². The van der Waals surface area contributed by atoms with E-state index >= 15 is 0 Å². The van der Waals surface area contributed by atoms with E-state index in [1.165, 1.54) is 19.4 Å². The fourth-order valence-electron chi connectivity index (χ4n) is 3.57. The summed E-state index contributed by atoms with van der Waals surface area (Å²) < 4.78 is 47.5. The van der Waals surface area contributed by atoms with E-state index < -0.39 is 36.6 Å². The highest BCUT2D eigenvalue weighted by Crippen LogP contribution is 2.40. The molecule has 1 unspecified atom stereocenters. The Kier molecular flexibility index (Phi) is 7.04. The summed E-state index contributed by atoms with van der Waals surface area (Å²) in [5.41, 5.74) is -2.51. The molecule has 2 aromatic rings. The van der Waals surface area contributed by atoms with Crippen molar-refractivity contribution in [3.63, 3.8) is 0 Å². The van der Waals surface area contributed by atoms with E-state index in [-0.39, 0.29) is 12.6 Å². The predicted molar refractivity (Wildman–Crippen MR) is 105 cm³/mol. The second-order valence-electron chi connectivity index (χ2n) is 7.57. The van der Waals surface area contributed by atoms with E-state index in [2.05, 4.69) is 20.6 Å². The van der Waals surface area contributed by atoms with Gasteiger partial charge >= 0.3 is 12.2 Å². The van der Waals surface area contributed by atoms with Gasteiger partial charge in [0.2, 0.25) is 11.5 Å². The highest BCUT2D eigenvalue weighted by molar-refractivity contribution is 5.73. The number of aryl methyl sites for hydroxylation is 1. The first kappa shape index (κ1) is 22.9. The van der Waals surface area contributed by atoms with Crippen LogP contribution in [0, 0.1) is 0 Å². The molecule has 1 aliphatic rings. The molecule has 11 heteroatoms. The molecule has 0 saturated heterocycles. The van der Waals surface area contributed by atoms with Crippen LogP contribution in [0.15, 0.2) is 30.7 Å². The Hall–Kier alpha value is -2.82. The van der Waals surface area contributed by atoms with Crippen LogP contribution in [0.3, 0.4) is 0 Å². The summed E-state index contributed by atoms with van der Waals surface area (Å²) >= 11 is 0. The monoisotopic (exact) mass is 441 g/mol. The summed E-state index contributed by atoms with van der Waals surface area (Å²) in [6.07, 6.45) is 2.59. The fourth-order valence-corrected chi connectivity index (χ4v) is 3.57. The minimum absolute atomic E-state index is 0.102. The number of aliphatic hydroxyl groups is 1. The summed E-state index contributed by atoms with van der Waals surface area (Å²) in [6, 6.07) is 2.81. The lowest BCUT2D eigenvalue weighted by molar-refractivity contribution is -0.272. The summed E-state index contributed by atoms with van der Waals surface area (Å²) in [7, 11) is 1.36. The maximum Gasteiger partial charge on any atom is 0.424 e. The van der Waals surface area contributed by atoms with Gasteiger partial charge in [-0.05, 0) is 31.7 Å². The maximum absolute atomic E-state index is 13.5. The van der Waals surface area contributed by atoms with Gasteiger partial charge in [-0.15, -0.1) is 0 Å². The average Bonchev–Trinajstić information content (AvgIpc) is 3.38. The van der Waals surface area contributed by atoms with Crippen molar-refractivity contribution in [1.82, 2.24) is 25.2 Å². The number of aromatic nitrogens is 3. The Morgan fingerprint density at radius 1 is 1.26 bits per heavy atom. The summed E-state index contributed by atoms with van der Waals surface area (Å²) in [4.78, 5) is 19.9. The fraction of sp³-hybridized carbons (Fsp3) is 0.550. The van der Waals surface area contributed by atoms with Crippen LogP contribution in [0.4, 0.5) is 18.0 Å². The van der Waals surface area contributed by atoms with Crippen LogP contribution in [0.1, 0.15) is 43.5 Å². The number of amides is 2. The van der Waals surface area contributed by atoms with Gasteiger partial charge in [-0.3, -0.25) is 0 Å². The first-order valence-corrected chi connectivity index (χ1v) is 10.1. The van der Waals surface area contributed by atoms with Crippen molar-refractivity contribution >= 4 is 6.03 Å². The number of nitrogens with one attached hydrogen (secondary N) is 2. The molecule has 0 radical (unpaired) electrons. The Bertz CT molecular complexity index is 883. The number of pyridine rings is 1. The van der Waals surface area contributed by atoms with Crippen LogP contribution in [0.25, 0.3) is 0 Å². The first-order valence-electron chi connectivity index (χ1n) is 10.1. The number of ether oxygens (including phenoxy) is 1. The molecule has 170 valence electrons. The number of carbonyl (C=O) groups excluding carboxylic acids is 1. The molecule has 0 aliphatic heterocycles. The Morgan fingerprint density at radius 2 is 2.00 bits per heavy atom. The molecule has 0 bridgehead atoms. The van der Waals surface area contributed by atoms with E-state index in [0.717, 1.165) is 30.3 Å². The average molecular weight is 441 g/mol. The van der Waals surface area contributed by atoms with Crippen molar-refractivity contribution < 1.29 is 27.8 Å². The summed E-state index contributed by atoms with van der Waals surface area (Å²) in [6.45, 7) is -0.308. The van der Waals surface area contributed by atoms with Gasteiger partial charge in [0.15, 0.2) is 0 Å². The molecule has 8 nitrogen and oxygen atoms in total. The largest absolute Gasteiger partial charge is 0.474 e. The van der Waals surface area contributed by atoms with Gasteiger partial charge in [-0.25, -0.2) is 14.8 Å². The number of hydrogen-bond acceptors (Lipinski definition) is 5. The smallest absolute Gasteiger partial charge is 0.424 e. The maximum atomic E-state index is 13.5. The molecule has 2 aromatic heterocycles. The number of urea groups is 1. The van der Waals surface area contributed by atoms with Crippen molar-refractivity contribution in [2.24, 2.45) is 7.05 Å². The zero-order valence-electron chi connectivity index (χ0n) is 17.2. The highest BCUT2D eigenvalue weighted by atomic mass is 19.4. The normalized spacial score (nSPS) is 16.7. The zero-order valence-corrected chi connectivity index (χ0v) is 17.2. The van der Waals surface area contributed by atoms with Crippen LogP contribution < -0.4 is 15.4 Å². The van der Waals surface area contributed by atoms with Crippen molar-refractivity contribution in [1.29, 1.82) is 0 Å². The standard InChI is InChI=1S/C20H26F3N5O3/c1-28-12-11-25-17(28)19(30,20(21,22)23)8-10-26-18(29)27-13-14-5-4-9-24-16(14)31-15-6-2-3-7-15/h4-5,9,11-12,15,30H,2-3,6-8,10,13H2,1H3,(H2,26,27,29). The number of nitrogens with zero attached hydrogens (tertiary/aromatic N) is 3. The molecular weight excluding hydrogens is 415 g/mol. The van der Waals surface area contributed by atoms with Gasteiger partial charge in [0.05, 0.1) is 0 Å². The molecule has 3 rings (SSSR count).